The third kappa shape index (κ3) is 11.9. The lowest BCUT2D eigenvalue weighted by molar-refractivity contribution is -0.145. The van der Waals surface area contributed by atoms with Gasteiger partial charge in [-0.15, -0.1) is 0 Å². The molecule has 0 bridgehead atoms. The van der Waals surface area contributed by atoms with Crippen molar-refractivity contribution in [2.75, 3.05) is 6.61 Å². The number of carbonyl (C=O) groups is 2. The molecule has 126 valence electrons. The predicted molar refractivity (Wildman–Crippen MR) is 91.0 cm³/mol. The zero-order valence-corrected chi connectivity index (χ0v) is 13.6. The van der Waals surface area contributed by atoms with Gasteiger partial charge in [0.1, 0.15) is 6.04 Å². The molecule has 1 atom stereocenters. The standard InChI is InChI=1S/C12H17NO2.C6H8O2/c1-2-8-15-12(14)11(13)9-10-6-4-3-5-7-10;1-2-3-4-5-6(7)8/h3-7,11H,2,8-9,13H2,1H3;2-5H,1H3,(H,7,8)/b;3-2+,5-4+. The fourth-order valence-corrected chi connectivity index (χ4v) is 1.51. The molecule has 5 nitrogen and oxygen atoms in total. The number of nitrogens with two attached hydrogens (primary N) is 1. The van der Waals surface area contributed by atoms with Crippen molar-refractivity contribution in [1.82, 2.24) is 0 Å². The highest BCUT2D eigenvalue weighted by Crippen LogP contribution is 2.03. The molecule has 5 heteroatoms. The third-order valence-corrected chi connectivity index (χ3v) is 2.59. The molecule has 0 heterocycles. The smallest absolute Gasteiger partial charge is 0.328 e. The fourth-order valence-electron chi connectivity index (χ4n) is 1.51. The minimum Gasteiger partial charge on any atom is -0.478 e. The summed E-state index contributed by atoms with van der Waals surface area (Å²) in [5, 5.41) is 8.02. The molecule has 1 unspecified atom stereocenters. The Kier molecular flexibility index (Phi) is 11.9. The van der Waals surface area contributed by atoms with Crippen LogP contribution in [0.15, 0.2) is 54.6 Å². The van der Waals surface area contributed by atoms with Gasteiger partial charge in [0.25, 0.3) is 0 Å². The van der Waals surface area contributed by atoms with Crippen LogP contribution in [0.25, 0.3) is 0 Å². The summed E-state index contributed by atoms with van der Waals surface area (Å²) in [5.74, 6) is -1.23. The number of allylic oxidation sites excluding steroid dienone is 3. The van der Waals surface area contributed by atoms with E-state index in [1.807, 2.05) is 44.2 Å². The number of carboxylic acid groups (broad SMARTS) is 1. The molecule has 3 N–H and O–H groups in total. The Morgan fingerprint density at radius 1 is 1.26 bits per heavy atom. The molecule has 1 rings (SSSR count). The Morgan fingerprint density at radius 3 is 2.43 bits per heavy atom. The summed E-state index contributed by atoms with van der Waals surface area (Å²) in [4.78, 5) is 21.1. The molecule has 23 heavy (non-hydrogen) atoms. The fraction of sp³-hybridized carbons (Fsp3) is 0.333. The van der Waals surface area contributed by atoms with Crippen molar-refractivity contribution in [1.29, 1.82) is 0 Å². The number of esters is 1. The van der Waals surface area contributed by atoms with E-state index in [1.165, 1.54) is 6.08 Å². The first kappa shape index (κ1) is 20.6. The highest BCUT2D eigenvalue weighted by Gasteiger charge is 2.14. The molecular weight excluding hydrogens is 294 g/mol. The summed E-state index contributed by atoms with van der Waals surface area (Å²) in [5.41, 5.74) is 6.77. The van der Waals surface area contributed by atoms with Gasteiger partial charge in [0.05, 0.1) is 6.61 Å². The van der Waals surface area contributed by atoms with Crippen LogP contribution in [0.2, 0.25) is 0 Å². The zero-order chi connectivity index (χ0) is 17.5. The Bertz CT molecular complexity index is 509. The van der Waals surface area contributed by atoms with E-state index in [0.717, 1.165) is 18.1 Å². The van der Waals surface area contributed by atoms with Gasteiger partial charge in [-0.1, -0.05) is 55.5 Å². The lowest BCUT2D eigenvalue weighted by Crippen LogP contribution is -2.34. The van der Waals surface area contributed by atoms with Gasteiger partial charge < -0.3 is 15.6 Å². The number of ether oxygens (including phenoxy) is 1. The van der Waals surface area contributed by atoms with Crippen molar-refractivity contribution in [3.63, 3.8) is 0 Å². The van der Waals surface area contributed by atoms with Crippen LogP contribution in [-0.4, -0.2) is 29.7 Å². The lowest BCUT2D eigenvalue weighted by Gasteiger charge is -2.10. The number of hydrogen-bond donors (Lipinski definition) is 2. The predicted octanol–water partition coefficient (Wildman–Crippen LogP) is 2.71. The number of carbonyl (C=O) groups excluding carboxylic acids is 1. The van der Waals surface area contributed by atoms with Crippen LogP contribution in [0.3, 0.4) is 0 Å². The molecule has 0 saturated carbocycles. The van der Waals surface area contributed by atoms with Gasteiger partial charge in [0.15, 0.2) is 0 Å². The first-order valence-electron chi connectivity index (χ1n) is 7.49. The topological polar surface area (TPSA) is 89.6 Å². The zero-order valence-electron chi connectivity index (χ0n) is 13.6. The van der Waals surface area contributed by atoms with Gasteiger partial charge in [-0.2, -0.15) is 0 Å². The second kappa shape index (κ2) is 13.3. The van der Waals surface area contributed by atoms with E-state index in [-0.39, 0.29) is 5.97 Å². The summed E-state index contributed by atoms with van der Waals surface area (Å²) >= 11 is 0. The SMILES string of the molecule is C/C=C/C=C/C(=O)O.CCCOC(=O)C(N)Cc1ccccc1. The number of hydrogen-bond acceptors (Lipinski definition) is 4. The summed E-state index contributed by atoms with van der Waals surface area (Å²) in [6.07, 6.45) is 7.34. The van der Waals surface area contributed by atoms with Gasteiger partial charge >= 0.3 is 11.9 Å². The van der Waals surface area contributed by atoms with Crippen molar-refractivity contribution < 1.29 is 19.4 Å². The van der Waals surface area contributed by atoms with Gasteiger partial charge in [0.2, 0.25) is 0 Å². The van der Waals surface area contributed by atoms with Crippen LogP contribution < -0.4 is 5.73 Å². The number of aliphatic carboxylic acids is 1. The largest absolute Gasteiger partial charge is 0.478 e. The van der Waals surface area contributed by atoms with Crippen LogP contribution in [0.4, 0.5) is 0 Å². The summed E-state index contributed by atoms with van der Waals surface area (Å²) in [6, 6.07) is 9.14. The minimum atomic E-state index is -0.914. The Balaban J connectivity index is 0.000000515. The van der Waals surface area contributed by atoms with Gasteiger partial charge in [-0.05, 0) is 25.3 Å². The maximum atomic E-state index is 11.4. The Labute approximate surface area is 137 Å². The molecule has 0 saturated heterocycles. The van der Waals surface area contributed by atoms with Crippen LogP contribution in [0.1, 0.15) is 25.8 Å². The molecule has 1 aromatic carbocycles. The van der Waals surface area contributed by atoms with Gasteiger partial charge in [-0.3, -0.25) is 4.79 Å². The van der Waals surface area contributed by atoms with Crippen molar-refractivity contribution in [3.05, 3.63) is 60.2 Å². The van der Waals surface area contributed by atoms with E-state index < -0.39 is 12.0 Å². The second-order valence-electron chi connectivity index (χ2n) is 4.69. The first-order chi connectivity index (χ1) is 11.0. The molecule has 0 aliphatic carbocycles. The van der Waals surface area contributed by atoms with Crippen molar-refractivity contribution in [3.8, 4) is 0 Å². The monoisotopic (exact) mass is 319 g/mol. The third-order valence-electron chi connectivity index (χ3n) is 2.59. The highest BCUT2D eigenvalue weighted by molar-refractivity contribution is 5.80. The summed E-state index contributed by atoms with van der Waals surface area (Å²) in [7, 11) is 0. The molecule has 0 spiro atoms. The second-order valence-corrected chi connectivity index (χ2v) is 4.69. The number of rotatable bonds is 7. The molecule has 0 aliphatic rings. The van der Waals surface area contributed by atoms with E-state index in [4.69, 9.17) is 15.6 Å². The van der Waals surface area contributed by atoms with Crippen LogP contribution in [0, 0.1) is 0 Å². The quantitative estimate of drug-likeness (QED) is 0.458. The van der Waals surface area contributed by atoms with E-state index in [0.29, 0.717) is 13.0 Å². The number of benzene rings is 1. The molecule has 0 amide bonds. The van der Waals surface area contributed by atoms with Crippen molar-refractivity contribution >= 4 is 11.9 Å². The van der Waals surface area contributed by atoms with Crippen LogP contribution in [-0.2, 0) is 20.7 Å². The van der Waals surface area contributed by atoms with E-state index >= 15 is 0 Å². The van der Waals surface area contributed by atoms with Crippen molar-refractivity contribution in [2.24, 2.45) is 5.73 Å². The summed E-state index contributed by atoms with van der Waals surface area (Å²) in [6.45, 7) is 4.23. The van der Waals surface area contributed by atoms with Gasteiger partial charge in [0, 0.05) is 6.08 Å². The molecular formula is C18H25NO4. The van der Waals surface area contributed by atoms with E-state index in [2.05, 4.69) is 0 Å². The van der Waals surface area contributed by atoms with E-state index in [9.17, 15) is 9.59 Å². The maximum absolute atomic E-state index is 11.4. The minimum absolute atomic E-state index is 0.319. The molecule has 0 aliphatic heterocycles. The van der Waals surface area contributed by atoms with Crippen LogP contribution in [0.5, 0.6) is 0 Å². The Hall–Kier alpha value is -2.40. The lowest BCUT2D eigenvalue weighted by atomic mass is 10.1. The number of carboxylic acids is 1. The first-order valence-corrected chi connectivity index (χ1v) is 7.49. The molecule has 0 fully saturated rings. The summed E-state index contributed by atoms with van der Waals surface area (Å²) < 4.78 is 4.96. The normalized spacial score (nSPS) is 11.8. The maximum Gasteiger partial charge on any atom is 0.328 e. The molecule has 0 radical (unpaired) electrons. The van der Waals surface area contributed by atoms with Crippen molar-refractivity contribution in [2.45, 2.75) is 32.7 Å². The Morgan fingerprint density at radius 2 is 1.91 bits per heavy atom. The molecule has 0 aromatic heterocycles. The highest BCUT2D eigenvalue weighted by atomic mass is 16.5. The average molecular weight is 319 g/mol. The van der Waals surface area contributed by atoms with E-state index in [1.54, 1.807) is 12.2 Å². The average Bonchev–Trinajstić information content (AvgIpc) is 2.54. The van der Waals surface area contributed by atoms with Crippen LogP contribution >= 0.6 is 0 Å². The molecule has 1 aromatic rings. The van der Waals surface area contributed by atoms with Gasteiger partial charge in [-0.25, -0.2) is 4.79 Å².